The van der Waals surface area contributed by atoms with Crippen LogP contribution in [0.4, 0.5) is 0 Å². The highest BCUT2D eigenvalue weighted by molar-refractivity contribution is 5.13. The molecular formula is C11H20. The first-order chi connectivity index (χ1) is 5.31. The molecule has 0 aliphatic carbocycles. The van der Waals surface area contributed by atoms with Crippen molar-refractivity contribution >= 4 is 0 Å². The van der Waals surface area contributed by atoms with E-state index in [1.165, 1.54) is 5.57 Å². The minimum atomic E-state index is 1.13. The molecule has 0 rings (SSSR count). The third-order valence-corrected chi connectivity index (χ3v) is 1.19. The Kier molecular flexibility index (Phi) is 14.0. The van der Waals surface area contributed by atoms with Crippen LogP contribution in [-0.2, 0) is 0 Å². The van der Waals surface area contributed by atoms with Crippen molar-refractivity contribution in [2.75, 3.05) is 0 Å². The summed E-state index contributed by atoms with van der Waals surface area (Å²) in [6.45, 7) is 11.8. The maximum absolute atomic E-state index is 3.57. The molecule has 0 radical (unpaired) electrons. The van der Waals surface area contributed by atoms with Gasteiger partial charge in [-0.15, -0.1) is 0 Å². The Morgan fingerprint density at radius 2 is 1.82 bits per heavy atom. The molecule has 0 aromatic heterocycles. The van der Waals surface area contributed by atoms with E-state index < -0.39 is 0 Å². The lowest BCUT2D eigenvalue weighted by Crippen LogP contribution is -1.66. The van der Waals surface area contributed by atoms with E-state index in [1.54, 1.807) is 6.08 Å². The molecule has 0 amide bonds. The summed E-state index contributed by atoms with van der Waals surface area (Å²) < 4.78 is 0. The Morgan fingerprint density at radius 3 is 2.18 bits per heavy atom. The van der Waals surface area contributed by atoms with Gasteiger partial charge in [-0.05, 0) is 13.3 Å². The Bertz CT molecular complexity index is 127. The highest BCUT2D eigenvalue weighted by Crippen LogP contribution is 1.96. The van der Waals surface area contributed by atoms with E-state index in [-0.39, 0.29) is 0 Å². The molecule has 0 atom stereocenters. The van der Waals surface area contributed by atoms with Crippen LogP contribution in [0.5, 0.6) is 0 Å². The van der Waals surface area contributed by atoms with Crippen molar-refractivity contribution in [2.24, 2.45) is 0 Å². The summed E-state index contributed by atoms with van der Waals surface area (Å²) in [7, 11) is 0. The zero-order valence-electron chi connectivity index (χ0n) is 8.22. The largest absolute Gasteiger partial charge is 0.0991 e. The van der Waals surface area contributed by atoms with Crippen LogP contribution in [0.3, 0.4) is 0 Å². The molecule has 0 bridgehead atoms. The molecule has 0 saturated carbocycles. The van der Waals surface area contributed by atoms with Crippen LogP contribution in [0.2, 0.25) is 0 Å². The van der Waals surface area contributed by atoms with Gasteiger partial charge in [-0.3, -0.25) is 0 Å². The highest BCUT2D eigenvalue weighted by Gasteiger charge is 1.76. The first-order valence-corrected chi connectivity index (χ1v) is 4.26. The Morgan fingerprint density at radius 1 is 1.27 bits per heavy atom. The molecule has 0 fully saturated rings. The predicted octanol–water partition coefficient (Wildman–Crippen LogP) is 4.11. The summed E-state index contributed by atoms with van der Waals surface area (Å²) >= 11 is 0. The molecule has 0 spiro atoms. The third kappa shape index (κ3) is 12.4. The number of hydrogen-bond acceptors (Lipinski definition) is 0. The van der Waals surface area contributed by atoms with Gasteiger partial charge in [0.25, 0.3) is 0 Å². The van der Waals surface area contributed by atoms with Crippen LogP contribution in [0, 0.1) is 0 Å². The van der Waals surface area contributed by atoms with Crippen molar-refractivity contribution in [3.63, 3.8) is 0 Å². The monoisotopic (exact) mass is 152 g/mol. The minimum Gasteiger partial charge on any atom is -0.0991 e. The average Bonchev–Trinajstić information content (AvgIpc) is 2.08. The Labute approximate surface area is 71.3 Å². The second-order valence-corrected chi connectivity index (χ2v) is 1.99. The quantitative estimate of drug-likeness (QED) is 0.534. The molecular weight excluding hydrogens is 132 g/mol. The standard InChI is InChI=1S/C9H14.C2H6/c1-4-6-7-8-9(3)5-2;1-2/h4,6-8H,1,5H2,2-3H3;1-2H3/b7-6-,9-8-;. The van der Waals surface area contributed by atoms with E-state index in [0.29, 0.717) is 0 Å². The topological polar surface area (TPSA) is 0 Å². The zero-order chi connectivity index (χ0) is 9.11. The minimum absolute atomic E-state index is 1.13. The average molecular weight is 152 g/mol. The number of hydrogen-bond donors (Lipinski definition) is 0. The SMILES string of the molecule is C=C/C=C\C=C(\C)CC.CC. The fraction of sp³-hybridized carbons (Fsp3) is 0.455. The van der Waals surface area contributed by atoms with Gasteiger partial charge in [0.2, 0.25) is 0 Å². The summed E-state index contributed by atoms with van der Waals surface area (Å²) in [5.41, 5.74) is 1.40. The number of rotatable bonds is 3. The summed E-state index contributed by atoms with van der Waals surface area (Å²) in [6.07, 6.45) is 8.94. The van der Waals surface area contributed by atoms with Crippen molar-refractivity contribution in [1.29, 1.82) is 0 Å². The summed E-state index contributed by atoms with van der Waals surface area (Å²) in [5, 5.41) is 0. The van der Waals surface area contributed by atoms with Gasteiger partial charge in [-0.25, -0.2) is 0 Å². The molecule has 0 nitrogen and oxygen atoms in total. The molecule has 0 unspecified atom stereocenters. The van der Waals surface area contributed by atoms with Gasteiger partial charge in [-0.1, -0.05) is 57.2 Å². The van der Waals surface area contributed by atoms with Crippen molar-refractivity contribution in [2.45, 2.75) is 34.1 Å². The van der Waals surface area contributed by atoms with Crippen molar-refractivity contribution in [3.05, 3.63) is 36.5 Å². The van der Waals surface area contributed by atoms with Crippen LogP contribution >= 0.6 is 0 Å². The molecule has 0 aliphatic heterocycles. The van der Waals surface area contributed by atoms with Crippen molar-refractivity contribution in [1.82, 2.24) is 0 Å². The zero-order valence-corrected chi connectivity index (χ0v) is 8.22. The molecule has 0 aromatic carbocycles. The van der Waals surface area contributed by atoms with Gasteiger partial charge in [-0.2, -0.15) is 0 Å². The molecule has 0 aliphatic rings. The Hall–Kier alpha value is -0.780. The van der Waals surface area contributed by atoms with Crippen LogP contribution in [0.15, 0.2) is 36.5 Å². The van der Waals surface area contributed by atoms with E-state index in [0.717, 1.165) is 6.42 Å². The first-order valence-electron chi connectivity index (χ1n) is 4.26. The van der Waals surface area contributed by atoms with Gasteiger partial charge >= 0.3 is 0 Å². The molecule has 0 N–H and O–H groups in total. The highest BCUT2D eigenvalue weighted by atomic mass is 13.8. The van der Waals surface area contributed by atoms with Gasteiger partial charge < -0.3 is 0 Å². The summed E-state index contributed by atoms with van der Waals surface area (Å²) in [6, 6.07) is 0. The van der Waals surface area contributed by atoms with Crippen LogP contribution in [0.1, 0.15) is 34.1 Å². The van der Waals surface area contributed by atoms with E-state index in [9.17, 15) is 0 Å². The maximum atomic E-state index is 3.57. The summed E-state index contributed by atoms with van der Waals surface area (Å²) in [4.78, 5) is 0. The first kappa shape index (κ1) is 12.9. The van der Waals surface area contributed by atoms with E-state index >= 15 is 0 Å². The molecule has 0 heterocycles. The van der Waals surface area contributed by atoms with E-state index in [2.05, 4.69) is 26.5 Å². The van der Waals surface area contributed by atoms with Gasteiger partial charge in [0.1, 0.15) is 0 Å². The lowest BCUT2D eigenvalue weighted by atomic mass is 10.2. The maximum Gasteiger partial charge on any atom is -0.0349 e. The van der Waals surface area contributed by atoms with Crippen molar-refractivity contribution < 1.29 is 0 Å². The predicted molar refractivity (Wildman–Crippen MR) is 54.7 cm³/mol. The van der Waals surface area contributed by atoms with Gasteiger partial charge in [0.15, 0.2) is 0 Å². The number of allylic oxidation sites excluding steroid dienone is 5. The van der Waals surface area contributed by atoms with Crippen LogP contribution < -0.4 is 0 Å². The normalized spacial score (nSPS) is 10.7. The van der Waals surface area contributed by atoms with Gasteiger partial charge in [0.05, 0.1) is 0 Å². The third-order valence-electron chi connectivity index (χ3n) is 1.19. The second-order valence-electron chi connectivity index (χ2n) is 1.99. The smallest absolute Gasteiger partial charge is 0.0349 e. The lowest BCUT2D eigenvalue weighted by molar-refractivity contribution is 1.10. The van der Waals surface area contributed by atoms with Crippen LogP contribution in [-0.4, -0.2) is 0 Å². The fourth-order valence-corrected chi connectivity index (χ4v) is 0.416. The Balaban J connectivity index is 0. The molecule has 0 aromatic rings. The van der Waals surface area contributed by atoms with E-state index in [1.807, 2.05) is 26.0 Å². The van der Waals surface area contributed by atoms with E-state index in [4.69, 9.17) is 0 Å². The lowest BCUT2D eigenvalue weighted by Gasteiger charge is -1.87. The fourth-order valence-electron chi connectivity index (χ4n) is 0.416. The van der Waals surface area contributed by atoms with Crippen LogP contribution in [0.25, 0.3) is 0 Å². The second kappa shape index (κ2) is 12.0. The van der Waals surface area contributed by atoms with Gasteiger partial charge in [0, 0.05) is 0 Å². The molecule has 0 heteroatoms. The van der Waals surface area contributed by atoms with Crippen molar-refractivity contribution in [3.8, 4) is 0 Å². The molecule has 64 valence electrons. The molecule has 11 heavy (non-hydrogen) atoms. The molecule has 0 saturated heterocycles. The summed E-state index contributed by atoms with van der Waals surface area (Å²) in [5.74, 6) is 0.